The van der Waals surface area contributed by atoms with Gasteiger partial charge in [-0.1, -0.05) is 51.0 Å². The third-order valence-corrected chi connectivity index (χ3v) is 8.44. The van der Waals surface area contributed by atoms with Crippen LogP contribution in [0, 0.1) is 23.2 Å². The van der Waals surface area contributed by atoms with Gasteiger partial charge in [-0.3, -0.25) is 0 Å². The van der Waals surface area contributed by atoms with Crippen LogP contribution >= 0.6 is 0 Å². The summed E-state index contributed by atoms with van der Waals surface area (Å²) < 4.78 is 0. The number of allylic oxidation sites excluding steroid dienone is 3. The minimum absolute atomic E-state index is 0.374. The minimum Gasteiger partial charge on any atom is -0.393 e. The molecule has 0 aromatic heterocycles. The number of aliphatic hydroxyl groups is 3. The molecule has 3 N–H and O–H groups in total. The summed E-state index contributed by atoms with van der Waals surface area (Å²) in [5.74, 6) is 2.11. The second-order valence-corrected chi connectivity index (χ2v) is 11.3. The Bertz CT molecular complexity index is 683. The van der Waals surface area contributed by atoms with Crippen molar-refractivity contribution in [1.82, 2.24) is 0 Å². The van der Waals surface area contributed by atoms with E-state index in [9.17, 15) is 15.3 Å². The molecule has 0 aromatic carbocycles. The highest BCUT2D eigenvalue weighted by molar-refractivity contribution is 5.38. The summed E-state index contributed by atoms with van der Waals surface area (Å²) in [4.78, 5) is 0. The standard InChI is InChI=1S/C27H44O3/c1-18(8-6-14-26(3,4)30)23-12-13-24-20(9-7-15-27(23,24)5)10-11-21-16-22(28)17-25(29)19(21)2/h10-11,18,22-25,28-30H,2,6-9,12-17H2,1,3-5H3/t18-,22-,23-,24?,25?,27-/m1/s1. The quantitative estimate of drug-likeness (QED) is 0.520. The molecule has 0 amide bonds. The summed E-state index contributed by atoms with van der Waals surface area (Å²) >= 11 is 0. The molecule has 0 spiro atoms. The summed E-state index contributed by atoms with van der Waals surface area (Å²) in [6.45, 7) is 12.8. The van der Waals surface area contributed by atoms with Crippen molar-refractivity contribution in [2.24, 2.45) is 23.2 Å². The van der Waals surface area contributed by atoms with Gasteiger partial charge in [-0.05, 0) is 93.1 Å². The first-order chi connectivity index (χ1) is 14.0. The Labute approximate surface area is 184 Å². The highest BCUT2D eigenvalue weighted by Crippen LogP contribution is 2.60. The average Bonchev–Trinajstić information content (AvgIpc) is 3.00. The van der Waals surface area contributed by atoms with Crippen LogP contribution in [0.2, 0.25) is 0 Å². The maximum atomic E-state index is 10.1. The SMILES string of the molecule is C=C1C(=CC=C2CCC[C@@]3(C)C2CC[C@@H]3[C@H](C)CCCC(C)(C)O)C[C@@H](O)CC1O. The molecule has 3 nitrogen and oxygen atoms in total. The van der Waals surface area contributed by atoms with Crippen molar-refractivity contribution >= 4 is 0 Å². The summed E-state index contributed by atoms with van der Waals surface area (Å²) in [5, 5.41) is 30.2. The molecular formula is C27H44O3. The summed E-state index contributed by atoms with van der Waals surface area (Å²) in [6, 6.07) is 0. The summed E-state index contributed by atoms with van der Waals surface area (Å²) in [7, 11) is 0. The second kappa shape index (κ2) is 9.30. The second-order valence-electron chi connectivity index (χ2n) is 11.3. The molecule has 0 radical (unpaired) electrons. The molecule has 2 unspecified atom stereocenters. The van der Waals surface area contributed by atoms with Crippen molar-refractivity contribution in [3.05, 3.63) is 35.5 Å². The van der Waals surface area contributed by atoms with Gasteiger partial charge in [0.25, 0.3) is 0 Å². The molecule has 3 saturated carbocycles. The molecule has 30 heavy (non-hydrogen) atoms. The van der Waals surface area contributed by atoms with Crippen molar-refractivity contribution in [2.75, 3.05) is 0 Å². The molecule has 0 heterocycles. The van der Waals surface area contributed by atoms with E-state index < -0.39 is 17.8 Å². The zero-order chi connectivity index (χ0) is 22.1. The lowest BCUT2D eigenvalue weighted by molar-refractivity contribution is 0.0596. The zero-order valence-electron chi connectivity index (χ0n) is 19.7. The highest BCUT2D eigenvalue weighted by Gasteiger charge is 2.50. The molecular weight excluding hydrogens is 372 g/mol. The number of hydrogen-bond acceptors (Lipinski definition) is 3. The lowest BCUT2D eigenvalue weighted by atomic mass is 9.60. The Morgan fingerprint density at radius 2 is 1.97 bits per heavy atom. The first-order valence-electron chi connectivity index (χ1n) is 12.2. The third kappa shape index (κ3) is 5.29. The van der Waals surface area contributed by atoms with E-state index in [1.54, 1.807) is 5.57 Å². The van der Waals surface area contributed by atoms with E-state index >= 15 is 0 Å². The van der Waals surface area contributed by atoms with Gasteiger partial charge in [0.05, 0.1) is 17.8 Å². The Kier molecular flexibility index (Phi) is 7.37. The largest absolute Gasteiger partial charge is 0.393 e. The van der Waals surface area contributed by atoms with Gasteiger partial charge < -0.3 is 15.3 Å². The van der Waals surface area contributed by atoms with Gasteiger partial charge in [-0.15, -0.1) is 0 Å². The maximum Gasteiger partial charge on any atom is 0.0811 e. The first-order valence-corrected chi connectivity index (χ1v) is 12.2. The van der Waals surface area contributed by atoms with E-state index in [1.807, 2.05) is 13.8 Å². The molecule has 6 atom stereocenters. The lowest BCUT2D eigenvalue weighted by Gasteiger charge is -2.44. The summed E-state index contributed by atoms with van der Waals surface area (Å²) in [6.07, 6.45) is 13.9. The Morgan fingerprint density at radius 3 is 2.67 bits per heavy atom. The zero-order valence-corrected chi connectivity index (χ0v) is 19.7. The molecule has 170 valence electrons. The predicted octanol–water partition coefficient (Wildman–Crippen LogP) is 5.70. The van der Waals surface area contributed by atoms with Gasteiger partial charge in [-0.25, -0.2) is 0 Å². The van der Waals surface area contributed by atoms with E-state index in [2.05, 4.69) is 32.6 Å². The van der Waals surface area contributed by atoms with Crippen LogP contribution in [-0.2, 0) is 0 Å². The molecule has 3 fully saturated rings. The lowest BCUT2D eigenvalue weighted by Crippen LogP contribution is -2.36. The van der Waals surface area contributed by atoms with E-state index in [4.69, 9.17) is 0 Å². The normalized spacial score (nSPS) is 38.8. The van der Waals surface area contributed by atoms with Crippen LogP contribution in [0.3, 0.4) is 0 Å². The third-order valence-electron chi connectivity index (χ3n) is 8.44. The van der Waals surface area contributed by atoms with Crippen molar-refractivity contribution < 1.29 is 15.3 Å². The minimum atomic E-state index is -0.615. The Balaban J connectivity index is 1.70. The topological polar surface area (TPSA) is 60.7 Å². The molecule has 0 saturated heterocycles. The fourth-order valence-corrected chi connectivity index (χ4v) is 6.74. The van der Waals surface area contributed by atoms with Gasteiger partial charge in [0.1, 0.15) is 0 Å². The fraction of sp³-hybridized carbons (Fsp3) is 0.778. The van der Waals surface area contributed by atoms with Gasteiger partial charge in [0.15, 0.2) is 0 Å². The van der Waals surface area contributed by atoms with Crippen molar-refractivity contribution in [3.63, 3.8) is 0 Å². The van der Waals surface area contributed by atoms with Crippen molar-refractivity contribution in [1.29, 1.82) is 0 Å². The van der Waals surface area contributed by atoms with E-state index in [-0.39, 0.29) is 0 Å². The van der Waals surface area contributed by atoms with Crippen LogP contribution in [0.4, 0.5) is 0 Å². The number of fused-ring (bicyclic) bond motifs is 1. The molecule has 0 bridgehead atoms. The van der Waals surface area contributed by atoms with E-state index in [0.717, 1.165) is 29.9 Å². The molecule has 0 aromatic rings. The molecule has 3 rings (SSSR count). The van der Waals surface area contributed by atoms with Gasteiger partial charge in [-0.2, -0.15) is 0 Å². The van der Waals surface area contributed by atoms with Crippen LogP contribution < -0.4 is 0 Å². The fourth-order valence-electron chi connectivity index (χ4n) is 6.74. The number of rotatable bonds is 6. The average molecular weight is 417 g/mol. The van der Waals surface area contributed by atoms with Crippen LogP contribution in [0.5, 0.6) is 0 Å². The first kappa shape index (κ1) is 23.8. The van der Waals surface area contributed by atoms with Crippen LogP contribution in [-0.4, -0.2) is 33.1 Å². The molecule has 3 heteroatoms. The highest BCUT2D eigenvalue weighted by atomic mass is 16.3. The van der Waals surface area contributed by atoms with E-state index in [1.165, 1.54) is 38.5 Å². The van der Waals surface area contributed by atoms with Crippen molar-refractivity contribution in [2.45, 2.75) is 110 Å². The van der Waals surface area contributed by atoms with Gasteiger partial charge >= 0.3 is 0 Å². The van der Waals surface area contributed by atoms with E-state index in [0.29, 0.717) is 30.1 Å². The monoisotopic (exact) mass is 416 g/mol. The van der Waals surface area contributed by atoms with Gasteiger partial charge in [0.2, 0.25) is 0 Å². The Hall–Kier alpha value is -0.900. The molecule has 3 aliphatic carbocycles. The smallest absolute Gasteiger partial charge is 0.0811 e. The van der Waals surface area contributed by atoms with Crippen LogP contribution in [0.25, 0.3) is 0 Å². The number of aliphatic hydroxyl groups excluding tert-OH is 2. The summed E-state index contributed by atoms with van der Waals surface area (Å²) in [5.41, 5.74) is 3.17. The molecule has 0 aliphatic heterocycles. The van der Waals surface area contributed by atoms with Crippen LogP contribution in [0.15, 0.2) is 35.5 Å². The van der Waals surface area contributed by atoms with Gasteiger partial charge in [0, 0.05) is 6.42 Å². The van der Waals surface area contributed by atoms with Crippen molar-refractivity contribution in [3.8, 4) is 0 Å². The maximum absolute atomic E-state index is 10.1. The molecule has 3 aliphatic rings. The predicted molar refractivity (Wildman–Crippen MR) is 124 cm³/mol. The Morgan fingerprint density at radius 1 is 1.23 bits per heavy atom. The number of hydrogen-bond donors (Lipinski definition) is 3. The van der Waals surface area contributed by atoms with Crippen LogP contribution in [0.1, 0.15) is 91.9 Å².